The van der Waals surface area contributed by atoms with E-state index in [0.29, 0.717) is 34.5 Å². The first-order valence-electron chi connectivity index (χ1n) is 17.4. The number of fused-ring (bicyclic) bond motifs is 5. The van der Waals surface area contributed by atoms with Crippen molar-refractivity contribution in [1.29, 1.82) is 0 Å². The van der Waals surface area contributed by atoms with Gasteiger partial charge in [-0.05, 0) is 116 Å². The Kier molecular flexibility index (Phi) is 6.27. The Labute approximate surface area is 257 Å². The topological polar surface area (TPSA) is 118 Å². The molecule has 244 valence electrons. The first-order valence-corrected chi connectivity index (χ1v) is 17.4. The molecule has 0 radical (unpaired) electrons. The van der Waals surface area contributed by atoms with Crippen LogP contribution in [0.4, 0.5) is 0 Å². The van der Waals surface area contributed by atoms with E-state index in [0.717, 1.165) is 19.3 Å². The monoisotopic (exact) mass is 604 g/mol. The predicted molar refractivity (Wildman–Crippen MR) is 158 cm³/mol. The van der Waals surface area contributed by atoms with Crippen LogP contribution in [-0.4, -0.2) is 87.8 Å². The lowest BCUT2D eigenvalue weighted by Crippen LogP contribution is -2.60. The zero-order valence-corrected chi connectivity index (χ0v) is 27.3. The Hall–Kier alpha value is -0.320. The van der Waals surface area contributed by atoms with Crippen molar-refractivity contribution in [2.45, 2.75) is 161 Å². The Bertz CT molecular complexity index is 1160. The van der Waals surface area contributed by atoms with Crippen molar-refractivity contribution in [2.75, 3.05) is 6.61 Å². The van der Waals surface area contributed by atoms with E-state index in [1.807, 2.05) is 13.8 Å². The van der Waals surface area contributed by atoms with Gasteiger partial charge in [0.2, 0.25) is 0 Å². The molecule has 0 bridgehead atoms. The lowest BCUT2D eigenvalue weighted by molar-refractivity contribution is -0.302. The van der Waals surface area contributed by atoms with Crippen LogP contribution in [0.1, 0.15) is 99.8 Å². The summed E-state index contributed by atoms with van der Waals surface area (Å²) in [5.41, 5.74) is 0.433. The third-order valence-electron chi connectivity index (χ3n) is 16.0. The average Bonchev–Trinajstić information content (AvgIpc) is 3.46. The van der Waals surface area contributed by atoms with E-state index >= 15 is 0 Å². The van der Waals surface area contributed by atoms with Crippen LogP contribution in [0.3, 0.4) is 0 Å². The maximum atomic E-state index is 11.1. The number of hydrogen-bond donors (Lipinski definition) is 4. The molecule has 8 fully saturated rings. The zero-order chi connectivity index (χ0) is 30.7. The highest BCUT2D eigenvalue weighted by Gasteiger charge is 2.83. The van der Waals surface area contributed by atoms with Gasteiger partial charge in [0.1, 0.15) is 30.5 Å². The molecule has 5 aliphatic carbocycles. The molecule has 4 N–H and O–H groups in total. The van der Waals surface area contributed by atoms with Crippen molar-refractivity contribution in [3.05, 3.63) is 0 Å². The van der Waals surface area contributed by atoms with E-state index < -0.39 is 36.3 Å². The molecule has 8 aliphatic rings. The number of aliphatic hydroxyl groups excluding tert-OH is 4. The van der Waals surface area contributed by atoms with E-state index in [1.54, 1.807) is 0 Å². The van der Waals surface area contributed by atoms with Gasteiger partial charge < -0.3 is 39.4 Å². The van der Waals surface area contributed by atoms with Crippen molar-refractivity contribution in [1.82, 2.24) is 0 Å². The van der Waals surface area contributed by atoms with Crippen molar-refractivity contribution >= 4 is 0 Å². The first-order chi connectivity index (χ1) is 20.0. The van der Waals surface area contributed by atoms with Gasteiger partial charge >= 0.3 is 0 Å². The molecule has 0 aromatic heterocycles. The van der Waals surface area contributed by atoms with Crippen LogP contribution in [0.2, 0.25) is 0 Å². The van der Waals surface area contributed by atoms with Gasteiger partial charge in [0.05, 0.1) is 30.5 Å². The molecule has 8 nitrogen and oxygen atoms in total. The van der Waals surface area contributed by atoms with Crippen molar-refractivity contribution < 1.29 is 39.4 Å². The lowest BCUT2D eigenvalue weighted by Gasteiger charge is -2.63. The molecule has 0 aromatic carbocycles. The summed E-state index contributed by atoms with van der Waals surface area (Å²) in [5.74, 6) is 2.02. The smallest absolute Gasteiger partial charge is 0.186 e. The molecule has 17 atom stereocenters. The van der Waals surface area contributed by atoms with Crippen LogP contribution in [-0.2, 0) is 18.9 Å². The Balaban J connectivity index is 1.05. The highest BCUT2D eigenvalue weighted by atomic mass is 16.7. The molecule has 3 heterocycles. The summed E-state index contributed by atoms with van der Waals surface area (Å²) in [6, 6.07) is 0. The summed E-state index contributed by atoms with van der Waals surface area (Å²) < 4.78 is 25.6. The second kappa shape index (κ2) is 8.97. The van der Waals surface area contributed by atoms with Gasteiger partial charge in [0, 0.05) is 0 Å². The Morgan fingerprint density at radius 3 is 2.21 bits per heavy atom. The molecule has 3 saturated heterocycles. The fourth-order valence-electron chi connectivity index (χ4n) is 13.8. The summed E-state index contributed by atoms with van der Waals surface area (Å²) in [6.45, 7) is 16.3. The van der Waals surface area contributed by atoms with Gasteiger partial charge in [-0.2, -0.15) is 0 Å². The molecular weight excluding hydrogens is 548 g/mol. The molecule has 0 aromatic rings. The molecule has 8 rings (SSSR count). The normalized spacial score (nSPS) is 62.7. The highest BCUT2D eigenvalue weighted by Crippen LogP contribution is 2.89. The first kappa shape index (κ1) is 30.0. The van der Waals surface area contributed by atoms with Crippen LogP contribution >= 0.6 is 0 Å². The predicted octanol–water partition coefficient (Wildman–Crippen LogP) is 3.80. The molecule has 8 heteroatoms. The highest BCUT2D eigenvalue weighted by molar-refractivity contribution is 5.32. The number of hydrogen-bond acceptors (Lipinski definition) is 8. The van der Waals surface area contributed by atoms with E-state index in [2.05, 4.69) is 34.6 Å². The van der Waals surface area contributed by atoms with E-state index in [1.165, 1.54) is 32.1 Å². The second-order valence-corrected chi connectivity index (χ2v) is 18.1. The van der Waals surface area contributed by atoms with Crippen LogP contribution in [0.5, 0.6) is 0 Å². The summed E-state index contributed by atoms with van der Waals surface area (Å²) in [6.07, 6.45) is 4.15. The largest absolute Gasteiger partial charge is 0.388 e. The fraction of sp³-hybridized carbons (Fsp3) is 1.00. The van der Waals surface area contributed by atoms with Crippen molar-refractivity contribution in [3.63, 3.8) is 0 Å². The van der Waals surface area contributed by atoms with Gasteiger partial charge in [-0.1, -0.05) is 34.6 Å². The van der Waals surface area contributed by atoms with Gasteiger partial charge in [-0.25, -0.2) is 0 Å². The molecule has 0 amide bonds. The summed E-state index contributed by atoms with van der Waals surface area (Å²) in [5, 5.41) is 41.9. The van der Waals surface area contributed by atoms with Gasteiger partial charge in [0.15, 0.2) is 6.29 Å². The molecule has 5 saturated carbocycles. The number of aliphatic hydroxyl groups is 4. The maximum absolute atomic E-state index is 11.1. The molecular formula is C35H56O8. The minimum atomic E-state index is -1.25. The van der Waals surface area contributed by atoms with Gasteiger partial charge in [0.25, 0.3) is 0 Å². The quantitative estimate of drug-likeness (QED) is 0.352. The molecule has 3 unspecified atom stereocenters. The Morgan fingerprint density at radius 2 is 1.47 bits per heavy atom. The minimum absolute atomic E-state index is 0.0276. The number of rotatable bonds is 2. The minimum Gasteiger partial charge on any atom is -0.388 e. The molecule has 2 spiro atoms. The Morgan fingerprint density at radius 1 is 0.767 bits per heavy atom. The average molecular weight is 605 g/mol. The van der Waals surface area contributed by atoms with Gasteiger partial charge in [-0.3, -0.25) is 0 Å². The summed E-state index contributed by atoms with van der Waals surface area (Å²) >= 11 is 0. The van der Waals surface area contributed by atoms with Crippen LogP contribution in [0.15, 0.2) is 0 Å². The van der Waals surface area contributed by atoms with Crippen molar-refractivity contribution in [2.24, 2.45) is 50.7 Å². The third kappa shape index (κ3) is 3.51. The molecule has 3 aliphatic heterocycles. The molecule has 43 heavy (non-hydrogen) atoms. The SMILES string of the molecule is C[C@@H]1C2OC(C)(C)C(O)C2O[C@H]2C[C@@]3(C)[C@@H]4CC[C@H]5C(C)(C)[C@@H](O[C@@H]6OC[C@@H](O)[C@H](O)[C@H]6O)CC[C@@]56C[C@@]46CC[C@]3(C)[C@H]21. The van der Waals surface area contributed by atoms with Crippen molar-refractivity contribution in [3.8, 4) is 0 Å². The number of ether oxygens (including phenoxy) is 4. The summed E-state index contributed by atoms with van der Waals surface area (Å²) in [7, 11) is 0. The second-order valence-electron chi connectivity index (χ2n) is 18.1. The summed E-state index contributed by atoms with van der Waals surface area (Å²) in [4.78, 5) is 0. The maximum Gasteiger partial charge on any atom is 0.186 e. The standard InChI is InChI=1S/C35H56O8/c1-17-23-19(41-27-26(17)43-31(4,5)28(27)39)14-33(7)21-9-8-20-30(2,3)22(42-29-25(38)24(37)18(36)15-40-29)10-11-34(20)16-35(21,34)13-12-32(23,33)6/h17-29,36-39H,8-16H2,1-7H3/t17-,18+,19-,20-,21-,22-,23-,24-,25+,26?,27?,28?,29-,32+,33-,34+,35-/m0/s1. The van der Waals surface area contributed by atoms with E-state index in [4.69, 9.17) is 18.9 Å². The van der Waals surface area contributed by atoms with Crippen LogP contribution in [0.25, 0.3) is 0 Å². The lowest BCUT2D eigenvalue weighted by atomic mass is 9.41. The van der Waals surface area contributed by atoms with E-state index in [-0.39, 0.29) is 47.3 Å². The zero-order valence-electron chi connectivity index (χ0n) is 27.3. The van der Waals surface area contributed by atoms with E-state index in [9.17, 15) is 20.4 Å². The van der Waals surface area contributed by atoms with Crippen LogP contribution < -0.4 is 0 Å². The third-order valence-corrected chi connectivity index (χ3v) is 16.0. The fourth-order valence-corrected chi connectivity index (χ4v) is 13.8. The van der Waals surface area contributed by atoms with Crippen LogP contribution in [0, 0.1) is 50.7 Å². The van der Waals surface area contributed by atoms with Gasteiger partial charge in [-0.15, -0.1) is 0 Å².